The Morgan fingerprint density at radius 2 is 0.924 bits per heavy atom. The Morgan fingerprint density at radius 1 is 0.576 bits per heavy atom. The molecule has 348 valence electrons. The Balaban J connectivity index is 0.760. The van der Waals surface area contributed by atoms with E-state index in [2.05, 4.69) is 30.2 Å². The molecule has 7 heterocycles. The minimum Gasteiger partial charge on any atom is -0.477 e. The second-order valence-electron chi connectivity index (χ2n) is 16.7. The van der Waals surface area contributed by atoms with Crippen molar-refractivity contribution < 1.29 is 28.6 Å². The van der Waals surface area contributed by atoms with Crippen LogP contribution in [0.15, 0.2) is 54.3 Å². The van der Waals surface area contributed by atoms with Crippen LogP contribution >= 0.6 is 0 Å². The van der Waals surface area contributed by atoms with Gasteiger partial charge in [-0.05, 0) is 37.8 Å². The normalized spacial score (nSPS) is 19.4. The fraction of sp³-hybridized carbons (Fsp3) is 0.450. The van der Waals surface area contributed by atoms with Gasteiger partial charge in [0.1, 0.15) is 22.4 Å². The summed E-state index contributed by atoms with van der Waals surface area (Å²) < 4.78 is 34.1. The van der Waals surface area contributed by atoms with Gasteiger partial charge in [0.2, 0.25) is 22.8 Å². The number of piperazine rings is 3. The lowest BCUT2D eigenvalue weighted by atomic mass is 10.1. The SMILES string of the molecule is NC(=N\N1CCN(/N=C(N)/N=C(\N)N2CCN(c3nc4c(cc3F)c(=O)c(C(=O)O)cn4C3CC3)CC2)CC1)/N=C(\N)N1CCN(c2nc3c(cc2F)c(=O)c(C(=O)O)cn3C2CC2)CC1. The topological polar surface area (TPSA) is 317 Å². The molecule has 0 spiro atoms. The zero-order valence-electron chi connectivity index (χ0n) is 35.6. The van der Waals surface area contributed by atoms with Gasteiger partial charge in [-0.25, -0.2) is 28.3 Å². The molecule has 0 aromatic carbocycles. The van der Waals surface area contributed by atoms with Gasteiger partial charge in [-0.15, -0.1) is 10.2 Å². The maximum atomic E-state index is 15.4. The molecule has 0 atom stereocenters. The van der Waals surface area contributed by atoms with Crippen molar-refractivity contribution in [1.82, 2.24) is 38.9 Å². The van der Waals surface area contributed by atoms with E-state index >= 15 is 8.78 Å². The van der Waals surface area contributed by atoms with Crippen LogP contribution in [0.25, 0.3) is 22.1 Å². The molecule has 0 unspecified atom stereocenters. The number of carboxylic acid groups (broad SMARTS) is 2. The first-order chi connectivity index (χ1) is 31.6. The molecule has 2 saturated carbocycles. The lowest BCUT2D eigenvalue weighted by Gasteiger charge is -2.36. The highest BCUT2D eigenvalue weighted by Crippen LogP contribution is 2.38. The van der Waals surface area contributed by atoms with Gasteiger partial charge in [-0.1, -0.05) is 0 Å². The van der Waals surface area contributed by atoms with Crippen molar-refractivity contribution in [3.05, 3.63) is 67.7 Å². The molecule has 3 aliphatic heterocycles. The van der Waals surface area contributed by atoms with Crippen LogP contribution in [0.5, 0.6) is 0 Å². The van der Waals surface area contributed by atoms with Crippen molar-refractivity contribution in [2.75, 3.05) is 88.3 Å². The number of nitrogens with zero attached hydrogens (tertiary/aromatic N) is 14. The summed E-state index contributed by atoms with van der Waals surface area (Å²) in [6.45, 7) is 4.51. The lowest BCUT2D eigenvalue weighted by molar-refractivity contribution is 0.0684. The lowest BCUT2D eigenvalue weighted by Crippen LogP contribution is -2.52. The standard InChI is InChI=1S/C40H48F2N18O6/c41-27-17-23-29(61)25(35(63)64)19-59(21-1-2-21)31(23)47-33(27)53-5-9-55(10-6-53)39(45)49-37(43)51-57-13-15-58(16-14-57)52-38(44)50-40(46)56-11-7-54(8-12-56)34-28(42)18-24-30(62)26(36(65)66)20-60(22-3-4-22)32(24)48-34/h17-22H,1-16H2,(H,63,64)(H,65,66)(H4,43,45,49,51)(H4,44,46,50,52). The summed E-state index contributed by atoms with van der Waals surface area (Å²) in [5, 5.41) is 31.2. The number of carboxylic acids is 2. The third-order valence-electron chi connectivity index (χ3n) is 12.2. The first kappa shape index (κ1) is 43.5. The molecule has 0 radical (unpaired) electrons. The van der Waals surface area contributed by atoms with Gasteiger partial charge in [-0.3, -0.25) is 19.6 Å². The third kappa shape index (κ3) is 8.71. The zero-order chi connectivity index (χ0) is 46.6. The van der Waals surface area contributed by atoms with E-state index in [1.165, 1.54) is 12.4 Å². The summed E-state index contributed by atoms with van der Waals surface area (Å²) in [5.74, 6) is -3.93. The number of anilines is 2. The predicted octanol–water partition coefficient (Wildman–Crippen LogP) is -0.899. The average Bonchev–Trinajstić information content (AvgIpc) is 4.23. The van der Waals surface area contributed by atoms with Crippen LogP contribution in [0.1, 0.15) is 58.5 Å². The number of hydrazone groups is 2. The summed E-state index contributed by atoms with van der Waals surface area (Å²) in [6.07, 6.45) is 5.81. The second kappa shape index (κ2) is 17.3. The van der Waals surface area contributed by atoms with E-state index in [1.54, 1.807) is 38.8 Å². The number of hydrogen-bond acceptors (Lipinski definition) is 12. The van der Waals surface area contributed by atoms with Crippen LogP contribution < -0.4 is 43.6 Å². The number of aromatic nitrogens is 4. The molecule has 66 heavy (non-hydrogen) atoms. The van der Waals surface area contributed by atoms with E-state index in [-0.39, 0.29) is 69.6 Å². The number of pyridine rings is 4. The fourth-order valence-electron chi connectivity index (χ4n) is 8.38. The van der Waals surface area contributed by atoms with Gasteiger partial charge in [0, 0.05) is 76.8 Å². The van der Waals surface area contributed by atoms with Gasteiger partial charge < -0.3 is 61.9 Å². The Bertz CT molecular complexity index is 2680. The maximum absolute atomic E-state index is 15.4. The summed E-state index contributed by atoms with van der Waals surface area (Å²) >= 11 is 0. The Hall–Kier alpha value is -7.80. The molecule has 5 aliphatic rings. The first-order valence-electron chi connectivity index (χ1n) is 21.5. The van der Waals surface area contributed by atoms with Crippen LogP contribution in [0.2, 0.25) is 0 Å². The molecule has 0 amide bonds. The van der Waals surface area contributed by atoms with Crippen molar-refractivity contribution in [3.63, 3.8) is 0 Å². The smallest absolute Gasteiger partial charge is 0.341 e. The fourth-order valence-corrected chi connectivity index (χ4v) is 8.38. The van der Waals surface area contributed by atoms with E-state index in [0.29, 0.717) is 78.5 Å². The minimum absolute atomic E-state index is 0.00293. The number of rotatable bonds is 8. The molecule has 24 nitrogen and oxygen atoms in total. The van der Waals surface area contributed by atoms with E-state index in [4.69, 9.17) is 22.9 Å². The number of carbonyl (C=O) groups is 2. The predicted molar refractivity (Wildman–Crippen MR) is 240 cm³/mol. The van der Waals surface area contributed by atoms with Crippen molar-refractivity contribution in [3.8, 4) is 0 Å². The van der Waals surface area contributed by atoms with Crippen LogP contribution in [-0.2, 0) is 0 Å². The summed E-state index contributed by atoms with van der Waals surface area (Å²) in [6, 6.07) is 2.13. The average molecular weight is 915 g/mol. The Morgan fingerprint density at radius 3 is 1.24 bits per heavy atom. The first-order valence-corrected chi connectivity index (χ1v) is 21.5. The minimum atomic E-state index is -1.37. The summed E-state index contributed by atoms with van der Waals surface area (Å²) in [5.41, 5.74) is 23.0. The quantitative estimate of drug-likeness (QED) is 0.0922. The molecule has 10 N–H and O–H groups in total. The van der Waals surface area contributed by atoms with E-state index in [0.717, 1.165) is 37.8 Å². The highest BCUT2D eigenvalue weighted by Gasteiger charge is 2.32. The third-order valence-corrected chi connectivity index (χ3v) is 12.2. The van der Waals surface area contributed by atoms with Crippen LogP contribution in [-0.4, -0.2) is 163 Å². The van der Waals surface area contributed by atoms with E-state index in [9.17, 15) is 29.4 Å². The highest BCUT2D eigenvalue weighted by atomic mass is 19.1. The maximum Gasteiger partial charge on any atom is 0.341 e. The van der Waals surface area contributed by atoms with Crippen molar-refractivity contribution in [2.45, 2.75) is 37.8 Å². The van der Waals surface area contributed by atoms with Crippen LogP contribution in [0.3, 0.4) is 0 Å². The van der Waals surface area contributed by atoms with E-state index < -0.39 is 45.6 Å². The number of fused-ring (bicyclic) bond motifs is 2. The van der Waals surface area contributed by atoms with Crippen molar-refractivity contribution in [1.29, 1.82) is 0 Å². The monoisotopic (exact) mass is 914 g/mol. The number of aliphatic imine (C=N–C) groups is 2. The largest absolute Gasteiger partial charge is 0.477 e. The van der Waals surface area contributed by atoms with Gasteiger partial charge in [0.05, 0.1) is 37.0 Å². The molecule has 26 heteroatoms. The number of aromatic carboxylic acids is 2. The molecule has 5 fully saturated rings. The summed E-state index contributed by atoms with van der Waals surface area (Å²) in [7, 11) is 0. The molecule has 2 aliphatic carbocycles. The molecule has 4 aromatic rings. The molecule has 4 aromatic heterocycles. The van der Waals surface area contributed by atoms with Gasteiger partial charge in [-0.2, -0.15) is 9.98 Å². The molecule has 0 bridgehead atoms. The molecular formula is C40H48F2N18O6. The number of nitrogens with two attached hydrogens (primary N) is 4. The number of guanidine groups is 4. The summed E-state index contributed by atoms with van der Waals surface area (Å²) in [4.78, 5) is 73.8. The Labute approximate surface area is 373 Å². The zero-order valence-corrected chi connectivity index (χ0v) is 35.6. The molecule has 3 saturated heterocycles. The second-order valence-corrected chi connectivity index (χ2v) is 16.7. The van der Waals surface area contributed by atoms with Crippen molar-refractivity contribution >= 4 is 69.5 Å². The molecular weight excluding hydrogens is 867 g/mol. The van der Waals surface area contributed by atoms with E-state index in [1.807, 2.05) is 0 Å². The van der Waals surface area contributed by atoms with Gasteiger partial charge >= 0.3 is 11.9 Å². The van der Waals surface area contributed by atoms with Crippen LogP contribution in [0.4, 0.5) is 20.4 Å². The van der Waals surface area contributed by atoms with Gasteiger partial charge in [0.15, 0.2) is 35.2 Å². The molecule has 9 rings (SSSR count). The Kier molecular flexibility index (Phi) is 11.4. The van der Waals surface area contributed by atoms with Crippen molar-refractivity contribution in [2.24, 2.45) is 43.1 Å². The number of hydrogen-bond donors (Lipinski definition) is 6. The van der Waals surface area contributed by atoms with Crippen LogP contribution in [0, 0.1) is 11.6 Å². The van der Waals surface area contributed by atoms with Gasteiger partial charge in [0.25, 0.3) is 0 Å². The number of halogens is 2. The highest BCUT2D eigenvalue weighted by molar-refractivity contribution is 5.95.